The number of carbonyl (C=O) groups is 1. The maximum absolute atomic E-state index is 12.8. The van der Waals surface area contributed by atoms with E-state index in [4.69, 9.17) is 20.0 Å². The van der Waals surface area contributed by atoms with Gasteiger partial charge in [-0.15, -0.1) is 0 Å². The summed E-state index contributed by atoms with van der Waals surface area (Å²) in [5, 5.41) is 6.71. The van der Waals surface area contributed by atoms with Gasteiger partial charge in [-0.25, -0.2) is 4.98 Å². The topological polar surface area (TPSA) is 112 Å². The van der Waals surface area contributed by atoms with Crippen molar-refractivity contribution in [3.8, 4) is 28.2 Å². The van der Waals surface area contributed by atoms with Gasteiger partial charge >= 0.3 is 0 Å². The van der Waals surface area contributed by atoms with Crippen LogP contribution in [-0.2, 0) is 0 Å². The average Bonchev–Trinajstić information content (AvgIpc) is 3.80. The lowest BCUT2D eigenvalue weighted by molar-refractivity contribution is 0.104. The van der Waals surface area contributed by atoms with Crippen LogP contribution in [0.15, 0.2) is 90.0 Å². The number of fused-ring (bicyclic) bond motifs is 2. The molecule has 2 aromatic carbocycles. The standard InChI is InChI=1S/C34H32N6O3S/c1-21(2)42-26-7-3-5-22(15-26)30(41)11-14-39-12-9-25(10-13-39)40-20-24(17-37-40)29-19-36-34(35)32-28(29)16-31(43-32)27-8-4-6-23-18-38-44-33(23)27/h3-8,11,14-21,25H,9-10,12-13H2,1-2H3,(H2,35,36). The van der Waals surface area contributed by atoms with Gasteiger partial charge in [0.2, 0.25) is 0 Å². The van der Waals surface area contributed by atoms with Crippen LogP contribution in [0.5, 0.6) is 5.75 Å². The predicted molar refractivity (Wildman–Crippen MR) is 174 cm³/mol. The number of aromatic nitrogens is 4. The van der Waals surface area contributed by atoms with Crippen LogP contribution in [0, 0.1) is 0 Å². The number of ketones is 1. The van der Waals surface area contributed by atoms with E-state index in [-0.39, 0.29) is 17.9 Å². The molecular formula is C34H32N6O3S. The Kier molecular flexibility index (Phi) is 7.35. The Hall–Kier alpha value is -4.96. The van der Waals surface area contributed by atoms with Crippen LogP contribution in [0.1, 0.15) is 43.1 Å². The molecule has 1 aliphatic rings. The van der Waals surface area contributed by atoms with E-state index in [9.17, 15) is 4.79 Å². The van der Waals surface area contributed by atoms with Crippen molar-refractivity contribution in [1.29, 1.82) is 0 Å². The van der Waals surface area contributed by atoms with Gasteiger partial charge in [0.15, 0.2) is 17.2 Å². The molecule has 0 amide bonds. The quantitative estimate of drug-likeness (QED) is 0.142. The fourth-order valence-electron chi connectivity index (χ4n) is 5.74. The minimum atomic E-state index is -0.0346. The summed E-state index contributed by atoms with van der Waals surface area (Å²) in [6, 6.07) is 15.7. The number of nitrogens with two attached hydrogens (primary N) is 1. The predicted octanol–water partition coefficient (Wildman–Crippen LogP) is 7.37. The van der Waals surface area contributed by atoms with Gasteiger partial charge in [0.25, 0.3) is 0 Å². The third-order valence-corrected chi connectivity index (χ3v) is 8.80. The Balaban J connectivity index is 1.05. The maximum Gasteiger partial charge on any atom is 0.187 e. The van der Waals surface area contributed by atoms with Crippen molar-refractivity contribution in [1.82, 2.24) is 24.0 Å². The number of nitrogen functional groups attached to an aromatic ring is 1. The third kappa shape index (κ3) is 5.44. The first-order chi connectivity index (χ1) is 21.4. The number of allylic oxidation sites excluding steroid dienone is 1. The monoisotopic (exact) mass is 604 g/mol. The molecule has 222 valence electrons. The zero-order valence-corrected chi connectivity index (χ0v) is 25.3. The largest absolute Gasteiger partial charge is 0.491 e. The van der Waals surface area contributed by atoms with Crippen molar-refractivity contribution in [3.05, 3.63) is 91.2 Å². The molecule has 9 nitrogen and oxygen atoms in total. The Morgan fingerprint density at radius 1 is 1.09 bits per heavy atom. The molecule has 5 heterocycles. The van der Waals surface area contributed by atoms with Crippen molar-refractivity contribution in [2.45, 2.75) is 38.8 Å². The van der Waals surface area contributed by atoms with Crippen LogP contribution in [-0.4, -0.2) is 49.0 Å². The second kappa shape index (κ2) is 11.6. The van der Waals surface area contributed by atoms with E-state index >= 15 is 0 Å². The SMILES string of the molecule is CC(C)Oc1cccc(C(=O)C=CN2CCC(n3cc(-c4cnc(N)c5oc(-c6cccc7cnsc67)cc45)cn3)CC2)c1. The molecule has 0 unspecified atom stereocenters. The molecule has 44 heavy (non-hydrogen) atoms. The normalized spacial score (nSPS) is 14.4. The summed E-state index contributed by atoms with van der Waals surface area (Å²) in [6.07, 6.45) is 13.1. The van der Waals surface area contributed by atoms with E-state index in [1.807, 2.05) is 79.6 Å². The minimum Gasteiger partial charge on any atom is -0.491 e. The highest BCUT2D eigenvalue weighted by molar-refractivity contribution is 7.13. The Labute approximate surface area is 258 Å². The molecule has 0 radical (unpaired) electrons. The Morgan fingerprint density at radius 2 is 1.93 bits per heavy atom. The highest BCUT2D eigenvalue weighted by atomic mass is 32.1. The number of hydrogen-bond donors (Lipinski definition) is 1. The van der Waals surface area contributed by atoms with Crippen LogP contribution in [0.25, 0.3) is 43.5 Å². The lowest BCUT2D eigenvalue weighted by Crippen LogP contribution is -2.31. The molecule has 0 aliphatic carbocycles. The van der Waals surface area contributed by atoms with E-state index in [1.54, 1.807) is 18.3 Å². The molecule has 0 atom stereocenters. The van der Waals surface area contributed by atoms with Crippen molar-refractivity contribution >= 4 is 44.2 Å². The molecular weight excluding hydrogens is 572 g/mol. The van der Waals surface area contributed by atoms with Gasteiger partial charge in [-0.3, -0.25) is 9.48 Å². The van der Waals surface area contributed by atoms with Crippen molar-refractivity contribution in [3.63, 3.8) is 0 Å². The van der Waals surface area contributed by atoms with Crippen molar-refractivity contribution in [2.75, 3.05) is 18.8 Å². The number of anilines is 1. The van der Waals surface area contributed by atoms with Gasteiger partial charge in [0.1, 0.15) is 11.5 Å². The van der Waals surface area contributed by atoms with Crippen LogP contribution in [0.4, 0.5) is 5.82 Å². The Bertz CT molecular complexity index is 2000. The van der Waals surface area contributed by atoms with E-state index in [0.717, 1.165) is 63.9 Å². The van der Waals surface area contributed by atoms with Crippen LogP contribution in [0.2, 0.25) is 0 Å². The molecule has 7 rings (SSSR count). The number of benzene rings is 2. The van der Waals surface area contributed by atoms with Gasteiger partial charge in [0, 0.05) is 77.0 Å². The first-order valence-corrected chi connectivity index (χ1v) is 15.5. The van der Waals surface area contributed by atoms with E-state index < -0.39 is 0 Å². The number of ether oxygens (including phenoxy) is 1. The zero-order chi connectivity index (χ0) is 30.2. The first kappa shape index (κ1) is 27.8. The summed E-state index contributed by atoms with van der Waals surface area (Å²) in [6.45, 7) is 5.61. The Morgan fingerprint density at radius 3 is 2.77 bits per heavy atom. The first-order valence-electron chi connectivity index (χ1n) is 14.7. The molecule has 10 heteroatoms. The lowest BCUT2D eigenvalue weighted by Gasteiger charge is -2.31. The average molecular weight is 605 g/mol. The molecule has 2 N–H and O–H groups in total. The number of carbonyl (C=O) groups excluding carboxylic acids is 1. The van der Waals surface area contributed by atoms with Crippen molar-refractivity contribution in [2.24, 2.45) is 0 Å². The molecule has 0 saturated carbocycles. The zero-order valence-electron chi connectivity index (χ0n) is 24.5. The number of piperidine rings is 1. The smallest absolute Gasteiger partial charge is 0.187 e. The molecule has 1 saturated heterocycles. The van der Waals surface area contributed by atoms with Crippen LogP contribution in [0.3, 0.4) is 0 Å². The van der Waals surface area contributed by atoms with Gasteiger partial charge < -0.3 is 19.8 Å². The minimum absolute atomic E-state index is 0.0346. The molecule has 1 aliphatic heterocycles. The number of rotatable bonds is 8. The number of pyridine rings is 1. The molecule has 1 fully saturated rings. The highest BCUT2D eigenvalue weighted by Gasteiger charge is 2.22. The van der Waals surface area contributed by atoms with E-state index in [2.05, 4.69) is 20.5 Å². The summed E-state index contributed by atoms with van der Waals surface area (Å²) in [7, 11) is 0. The van der Waals surface area contributed by atoms with Crippen LogP contribution < -0.4 is 10.5 Å². The lowest BCUT2D eigenvalue weighted by atomic mass is 10.0. The summed E-state index contributed by atoms with van der Waals surface area (Å²) >= 11 is 1.45. The molecule has 0 bridgehead atoms. The van der Waals surface area contributed by atoms with Gasteiger partial charge in [-0.2, -0.15) is 9.47 Å². The number of furan rings is 1. The summed E-state index contributed by atoms with van der Waals surface area (Å²) in [5.41, 5.74) is 10.3. The van der Waals surface area contributed by atoms with Gasteiger partial charge in [-0.05, 0) is 62.5 Å². The third-order valence-electron chi connectivity index (χ3n) is 7.95. The summed E-state index contributed by atoms with van der Waals surface area (Å²) in [5.74, 6) is 1.76. The molecule has 0 spiro atoms. The van der Waals surface area contributed by atoms with Crippen molar-refractivity contribution < 1.29 is 13.9 Å². The summed E-state index contributed by atoms with van der Waals surface area (Å²) < 4.78 is 19.5. The van der Waals surface area contributed by atoms with Crippen LogP contribution >= 0.6 is 11.5 Å². The van der Waals surface area contributed by atoms with E-state index in [0.29, 0.717) is 22.7 Å². The molecule has 6 aromatic rings. The van der Waals surface area contributed by atoms with E-state index in [1.165, 1.54) is 11.5 Å². The van der Waals surface area contributed by atoms with Gasteiger partial charge in [-0.1, -0.05) is 24.3 Å². The number of hydrogen-bond acceptors (Lipinski definition) is 9. The highest BCUT2D eigenvalue weighted by Crippen LogP contribution is 2.39. The summed E-state index contributed by atoms with van der Waals surface area (Å²) in [4.78, 5) is 19.4. The number of nitrogens with zero attached hydrogens (tertiary/aromatic N) is 5. The second-order valence-electron chi connectivity index (χ2n) is 11.3. The maximum atomic E-state index is 12.8. The van der Waals surface area contributed by atoms with Gasteiger partial charge in [0.05, 0.1) is 23.0 Å². The fourth-order valence-corrected chi connectivity index (χ4v) is 6.50. The number of likely N-dealkylation sites (tertiary alicyclic amines) is 1. The fraction of sp³-hybridized carbons (Fsp3) is 0.235. The molecule has 4 aromatic heterocycles. The second-order valence-corrected chi connectivity index (χ2v) is 12.1.